The van der Waals surface area contributed by atoms with Crippen LogP contribution in [0.3, 0.4) is 0 Å². The summed E-state index contributed by atoms with van der Waals surface area (Å²) in [6.45, 7) is 0. The summed E-state index contributed by atoms with van der Waals surface area (Å²) >= 11 is 0. The zero-order valence-corrected chi connectivity index (χ0v) is 33.5. The van der Waals surface area contributed by atoms with Gasteiger partial charge in [-0.2, -0.15) is 0 Å². The summed E-state index contributed by atoms with van der Waals surface area (Å²) in [6, 6.07) is 75.8. The lowest BCUT2D eigenvalue weighted by Crippen LogP contribution is -1.99. The molecule has 0 fully saturated rings. The fraction of sp³-hybridized carbons (Fsp3) is 0. The van der Waals surface area contributed by atoms with Gasteiger partial charge in [0.25, 0.3) is 0 Å². The lowest BCUT2D eigenvalue weighted by molar-refractivity contribution is 0.668. The van der Waals surface area contributed by atoms with Crippen molar-refractivity contribution in [2.45, 2.75) is 0 Å². The van der Waals surface area contributed by atoms with Crippen molar-refractivity contribution in [2.24, 2.45) is 0 Å². The first-order valence-corrected chi connectivity index (χ1v) is 21.0. The van der Waals surface area contributed by atoms with Crippen molar-refractivity contribution >= 4 is 76.1 Å². The molecule has 4 nitrogen and oxygen atoms in total. The molecule has 0 atom stereocenters. The average Bonchev–Trinajstić information content (AvgIpc) is 3.87. The second kappa shape index (κ2) is 13.6. The molecule has 3 aromatic heterocycles. The van der Waals surface area contributed by atoms with Gasteiger partial charge in [0.05, 0.1) is 28.1 Å². The van der Waals surface area contributed by atoms with E-state index in [1.807, 2.05) is 18.2 Å². The molecule has 0 spiro atoms. The number of aromatic nitrogens is 3. The van der Waals surface area contributed by atoms with Crippen LogP contribution < -0.4 is 0 Å². The molecule has 0 aliphatic rings. The van der Waals surface area contributed by atoms with Gasteiger partial charge in [-0.15, -0.1) is 0 Å². The zero-order chi connectivity index (χ0) is 40.7. The molecule has 288 valence electrons. The van der Waals surface area contributed by atoms with E-state index in [-0.39, 0.29) is 0 Å². The van der Waals surface area contributed by atoms with E-state index >= 15 is 0 Å². The molecule has 0 bridgehead atoms. The Morgan fingerprint density at radius 3 is 1.66 bits per heavy atom. The largest absolute Gasteiger partial charge is 0.456 e. The maximum Gasteiger partial charge on any atom is 0.161 e. The Balaban J connectivity index is 1.09. The lowest BCUT2D eigenvalue weighted by Gasteiger charge is -2.14. The van der Waals surface area contributed by atoms with Crippen molar-refractivity contribution in [2.75, 3.05) is 0 Å². The van der Waals surface area contributed by atoms with Crippen molar-refractivity contribution in [1.82, 2.24) is 14.5 Å². The molecule has 62 heavy (non-hydrogen) atoms. The third kappa shape index (κ3) is 5.54. The van der Waals surface area contributed by atoms with Crippen LogP contribution in [0.2, 0.25) is 0 Å². The van der Waals surface area contributed by atoms with Gasteiger partial charge in [0.1, 0.15) is 11.2 Å². The van der Waals surface area contributed by atoms with E-state index < -0.39 is 0 Å². The van der Waals surface area contributed by atoms with Gasteiger partial charge in [0, 0.05) is 44.3 Å². The number of fused-ring (bicyclic) bond motifs is 9. The van der Waals surface area contributed by atoms with E-state index in [2.05, 4.69) is 199 Å². The molecule has 0 saturated heterocycles. The molecule has 3 heterocycles. The molecule has 0 aliphatic heterocycles. The average molecular weight is 790 g/mol. The quantitative estimate of drug-likeness (QED) is 0.174. The Kier molecular flexibility index (Phi) is 7.57. The van der Waals surface area contributed by atoms with Crippen molar-refractivity contribution in [1.29, 1.82) is 0 Å². The number of hydrogen-bond donors (Lipinski definition) is 0. The van der Waals surface area contributed by atoms with E-state index in [1.54, 1.807) is 0 Å². The van der Waals surface area contributed by atoms with Crippen LogP contribution in [0, 0.1) is 0 Å². The molecule has 0 saturated carbocycles. The van der Waals surface area contributed by atoms with Crippen LogP contribution in [0.4, 0.5) is 0 Å². The number of hydrogen-bond acceptors (Lipinski definition) is 3. The summed E-state index contributed by atoms with van der Waals surface area (Å²) in [6.07, 6.45) is 0. The molecular weight excluding hydrogens is 755 g/mol. The van der Waals surface area contributed by atoms with Crippen LogP contribution in [0.5, 0.6) is 0 Å². The van der Waals surface area contributed by atoms with Gasteiger partial charge in [-0.25, -0.2) is 9.97 Å². The number of benzene rings is 10. The molecule has 13 rings (SSSR count). The number of para-hydroxylation sites is 1. The predicted octanol–water partition coefficient (Wildman–Crippen LogP) is 15.6. The third-order valence-electron chi connectivity index (χ3n) is 12.5. The Morgan fingerprint density at radius 2 is 0.903 bits per heavy atom. The fourth-order valence-electron chi connectivity index (χ4n) is 9.50. The number of nitrogens with zero attached hydrogens (tertiary/aromatic N) is 3. The van der Waals surface area contributed by atoms with E-state index in [9.17, 15) is 0 Å². The van der Waals surface area contributed by atoms with Crippen LogP contribution in [0.25, 0.3) is 127 Å². The van der Waals surface area contributed by atoms with E-state index in [0.717, 1.165) is 66.7 Å². The van der Waals surface area contributed by atoms with Crippen molar-refractivity contribution in [3.63, 3.8) is 0 Å². The first-order valence-electron chi connectivity index (χ1n) is 21.0. The Morgan fingerprint density at radius 1 is 0.339 bits per heavy atom. The molecule has 0 radical (unpaired) electrons. The van der Waals surface area contributed by atoms with Crippen LogP contribution in [0.1, 0.15) is 0 Å². The fourth-order valence-corrected chi connectivity index (χ4v) is 9.50. The maximum atomic E-state index is 6.77. The first kappa shape index (κ1) is 34.5. The summed E-state index contributed by atoms with van der Waals surface area (Å²) in [7, 11) is 0. The molecule has 10 aromatic carbocycles. The smallest absolute Gasteiger partial charge is 0.161 e. The standard InChI is InChI=1S/C58H35N3O/c1-2-14-38(15-3-1)51-35-52(45-25-23-37-13-5-7-17-40(37)29-45)60-58(59-51)50-33-46(34-56-57(50)47-20-10-11-21-55(47)62-56)61-53-27-26-44(43-24-22-36-12-4-6-16-39(36)28-43)31-48(53)49-30-41-18-8-9-19-42(41)32-54(49)61/h1-35H. The molecule has 4 heteroatoms. The summed E-state index contributed by atoms with van der Waals surface area (Å²) in [5, 5.41) is 11.6. The summed E-state index contributed by atoms with van der Waals surface area (Å²) in [4.78, 5) is 10.8. The summed E-state index contributed by atoms with van der Waals surface area (Å²) < 4.78 is 9.16. The second-order valence-corrected chi connectivity index (χ2v) is 16.2. The molecule has 0 amide bonds. The van der Waals surface area contributed by atoms with E-state index in [1.165, 1.54) is 54.2 Å². The summed E-state index contributed by atoms with van der Waals surface area (Å²) in [5.41, 5.74) is 11.9. The van der Waals surface area contributed by atoms with Gasteiger partial charge in [-0.05, 0) is 98.0 Å². The lowest BCUT2D eigenvalue weighted by atomic mass is 9.99. The predicted molar refractivity (Wildman–Crippen MR) is 258 cm³/mol. The normalized spacial score (nSPS) is 11.9. The highest BCUT2D eigenvalue weighted by Crippen LogP contribution is 2.43. The molecule has 0 aliphatic carbocycles. The molecule has 13 aromatic rings. The Labute approximate surface area is 356 Å². The van der Waals surface area contributed by atoms with E-state index in [4.69, 9.17) is 14.4 Å². The van der Waals surface area contributed by atoms with Crippen LogP contribution in [-0.2, 0) is 0 Å². The van der Waals surface area contributed by atoms with Gasteiger partial charge >= 0.3 is 0 Å². The van der Waals surface area contributed by atoms with Crippen LogP contribution >= 0.6 is 0 Å². The van der Waals surface area contributed by atoms with Crippen molar-refractivity contribution in [3.05, 3.63) is 212 Å². The van der Waals surface area contributed by atoms with Gasteiger partial charge < -0.3 is 8.98 Å². The highest BCUT2D eigenvalue weighted by molar-refractivity contribution is 6.16. The van der Waals surface area contributed by atoms with Crippen molar-refractivity contribution < 1.29 is 4.42 Å². The van der Waals surface area contributed by atoms with Gasteiger partial charge in [-0.3, -0.25) is 0 Å². The van der Waals surface area contributed by atoms with Gasteiger partial charge in [0.2, 0.25) is 0 Å². The second-order valence-electron chi connectivity index (χ2n) is 16.2. The topological polar surface area (TPSA) is 43.9 Å². The molecule has 0 N–H and O–H groups in total. The van der Waals surface area contributed by atoms with Crippen molar-refractivity contribution in [3.8, 4) is 50.7 Å². The van der Waals surface area contributed by atoms with Crippen LogP contribution in [0.15, 0.2) is 217 Å². The maximum absolute atomic E-state index is 6.77. The summed E-state index contributed by atoms with van der Waals surface area (Å²) in [5.74, 6) is 0.637. The van der Waals surface area contributed by atoms with Crippen LogP contribution in [-0.4, -0.2) is 14.5 Å². The first-order chi connectivity index (χ1) is 30.7. The molecule has 0 unspecified atom stereocenters. The Hall–Kier alpha value is -8.34. The highest BCUT2D eigenvalue weighted by atomic mass is 16.3. The monoisotopic (exact) mass is 789 g/mol. The third-order valence-corrected chi connectivity index (χ3v) is 12.5. The minimum atomic E-state index is 0.637. The van der Waals surface area contributed by atoms with Gasteiger partial charge in [0.15, 0.2) is 5.82 Å². The molecular formula is C58H35N3O. The number of furan rings is 1. The van der Waals surface area contributed by atoms with E-state index in [0.29, 0.717) is 5.82 Å². The number of rotatable bonds is 5. The Bertz CT molecular complexity index is 3930. The minimum absolute atomic E-state index is 0.637. The minimum Gasteiger partial charge on any atom is -0.456 e. The van der Waals surface area contributed by atoms with Gasteiger partial charge in [-0.1, -0.05) is 152 Å². The zero-order valence-electron chi connectivity index (χ0n) is 33.5. The highest BCUT2D eigenvalue weighted by Gasteiger charge is 2.22. The SMILES string of the molecule is c1ccc(-c2cc(-c3ccc4ccccc4c3)nc(-c3cc(-n4c5ccc(-c6ccc7ccccc7c6)cc5c5cc6ccccc6cc54)cc4oc5ccccc5c34)n2)cc1.